The lowest BCUT2D eigenvalue weighted by molar-refractivity contribution is -0.135. The molecule has 0 saturated carbocycles. The average Bonchev–Trinajstić information content (AvgIpc) is 2.95. The minimum atomic E-state index is -0.532. The van der Waals surface area contributed by atoms with Gasteiger partial charge in [-0.2, -0.15) is 0 Å². The van der Waals surface area contributed by atoms with E-state index >= 15 is 0 Å². The highest BCUT2D eigenvalue weighted by atomic mass is 16.6. The van der Waals surface area contributed by atoms with Crippen molar-refractivity contribution in [3.8, 4) is 0 Å². The Bertz CT molecular complexity index is 1090. The number of nitrogens with zero attached hydrogens (tertiary/aromatic N) is 1. The van der Waals surface area contributed by atoms with Gasteiger partial charge in [-0.3, -0.25) is 10.0 Å². The lowest BCUT2D eigenvalue weighted by Crippen LogP contribution is -2.48. The molecule has 3 rings (SSSR count). The summed E-state index contributed by atoms with van der Waals surface area (Å²) in [5.74, 6) is -0.619. The van der Waals surface area contributed by atoms with Gasteiger partial charge in [-0.1, -0.05) is 92.7 Å². The number of para-hydroxylation sites is 1. The average molecular weight is 518 g/mol. The van der Waals surface area contributed by atoms with Crippen molar-refractivity contribution in [1.82, 2.24) is 10.9 Å². The van der Waals surface area contributed by atoms with Crippen LogP contribution in [0, 0.1) is 17.8 Å². The Labute approximate surface area is 225 Å². The molecule has 38 heavy (non-hydrogen) atoms. The Morgan fingerprint density at radius 3 is 2.03 bits per heavy atom. The summed E-state index contributed by atoms with van der Waals surface area (Å²) in [7, 11) is 0. The van der Waals surface area contributed by atoms with Gasteiger partial charge in [-0.05, 0) is 60.8 Å². The van der Waals surface area contributed by atoms with E-state index in [0.717, 1.165) is 24.8 Å². The zero-order valence-corrected chi connectivity index (χ0v) is 22.3. The van der Waals surface area contributed by atoms with E-state index in [0.29, 0.717) is 24.6 Å². The fourth-order valence-electron chi connectivity index (χ4n) is 4.66. The molecular weight excluding hydrogens is 478 g/mol. The standard InChI is InChI=1S/C31H39N3O4/c1-24(2)21-27(29(30(35)33-37)20-12-17-25-13-6-3-7-14-25)22-32-34(28-18-10-5-11-19-28)31(36)38-23-26-15-8-4-9-16-26/h3-11,13-16,18-19,24,27,29,32,37H,12,17,20-23H2,1-2H3,(H,33,35)/t27-,29-/m0/s1. The fraction of sp³-hybridized carbons (Fsp3) is 0.355. The molecule has 0 unspecified atom stereocenters. The van der Waals surface area contributed by atoms with E-state index < -0.39 is 17.9 Å². The van der Waals surface area contributed by atoms with Crippen molar-refractivity contribution in [3.63, 3.8) is 0 Å². The van der Waals surface area contributed by atoms with Gasteiger partial charge in [0.2, 0.25) is 5.91 Å². The number of benzene rings is 3. The number of ether oxygens (including phenoxy) is 1. The van der Waals surface area contributed by atoms with Crippen molar-refractivity contribution in [2.75, 3.05) is 11.6 Å². The Kier molecular flexibility index (Phi) is 11.8. The first-order chi connectivity index (χ1) is 18.5. The molecule has 0 aliphatic heterocycles. The van der Waals surface area contributed by atoms with Gasteiger partial charge in [0, 0.05) is 12.5 Å². The third-order valence-electron chi connectivity index (χ3n) is 6.53. The first kappa shape index (κ1) is 28.9. The summed E-state index contributed by atoms with van der Waals surface area (Å²) in [6, 6.07) is 28.9. The van der Waals surface area contributed by atoms with Gasteiger partial charge in [-0.15, -0.1) is 0 Å². The first-order valence-electron chi connectivity index (χ1n) is 13.2. The maximum atomic E-state index is 13.2. The molecule has 7 nitrogen and oxygen atoms in total. The van der Waals surface area contributed by atoms with Crippen molar-refractivity contribution < 1.29 is 19.5 Å². The van der Waals surface area contributed by atoms with Crippen molar-refractivity contribution >= 4 is 17.7 Å². The second-order valence-electron chi connectivity index (χ2n) is 9.92. The van der Waals surface area contributed by atoms with Crippen LogP contribution in [0.4, 0.5) is 10.5 Å². The van der Waals surface area contributed by atoms with E-state index in [1.807, 2.05) is 84.3 Å². The molecule has 0 spiro atoms. The fourth-order valence-corrected chi connectivity index (χ4v) is 4.66. The van der Waals surface area contributed by atoms with Crippen LogP contribution >= 0.6 is 0 Å². The predicted octanol–water partition coefficient (Wildman–Crippen LogP) is 6.14. The summed E-state index contributed by atoms with van der Waals surface area (Å²) in [5, 5.41) is 10.9. The zero-order chi connectivity index (χ0) is 27.2. The molecule has 0 radical (unpaired) electrons. The van der Waals surface area contributed by atoms with Crippen molar-refractivity contribution in [2.45, 2.75) is 46.1 Å². The second kappa shape index (κ2) is 15.5. The molecule has 202 valence electrons. The third-order valence-corrected chi connectivity index (χ3v) is 6.53. The van der Waals surface area contributed by atoms with Crippen LogP contribution in [0.1, 0.15) is 44.2 Å². The molecule has 3 N–H and O–H groups in total. The highest BCUT2D eigenvalue weighted by Gasteiger charge is 2.30. The van der Waals surface area contributed by atoms with Crippen LogP contribution in [0.25, 0.3) is 0 Å². The van der Waals surface area contributed by atoms with Crippen molar-refractivity contribution in [3.05, 3.63) is 102 Å². The van der Waals surface area contributed by atoms with Gasteiger partial charge < -0.3 is 4.74 Å². The van der Waals surface area contributed by atoms with Crippen molar-refractivity contribution in [2.24, 2.45) is 17.8 Å². The topological polar surface area (TPSA) is 90.9 Å². The Hall–Kier alpha value is -3.68. The molecule has 2 amide bonds. The SMILES string of the molecule is CC(C)C[C@@H](CNN(C(=O)OCc1ccccc1)c1ccccc1)[C@H](CCCc1ccccc1)C(=O)NO. The number of hydrogen-bond donors (Lipinski definition) is 3. The van der Waals surface area contributed by atoms with Crippen LogP contribution in [0.2, 0.25) is 0 Å². The normalized spacial score (nSPS) is 12.5. The van der Waals surface area contributed by atoms with Crippen LogP contribution in [0.3, 0.4) is 0 Å². The van der Waals surface area contributed by atoms with Gasteiger partial charge in [0.1, 0.15) is 6.61 Å². The summed E-state index contributed by atoms with van der Waals surface area (Å²) in [6.45, 7) is 4.72. The number of hydroxylamine groups is 1. The molecule has 0 bridgehead atoms. The summed E-state index contributed by atoms with van der Waals surface area (Å²) >= 11 is 0. The first-order valence-corrected chi connectivity index (χ1v) is 13.2. The van der Waals surface area contributed by atoms with Crippen LogP contribution < -0.4 is 15.9 Å². The van der Waals surface area contributed by atoms with Crippen LogP contribution in [-0.4, -0.2) is 23.8 Å². The molecule has 0 aromatic heterocycles. The number of carbonyl (C=O) groups is 2. The Morgan fingerprint density at radius 1 is 0.868 bits per heavy atom. The summed E-state index contributed by atoms with van der Waals surface area (Å²) in [6.07, 6.45) is 2.48. The number of nitrogens with one attached hydrogen (secondary N) is 2. The number of hydrogen-bond acceptors (Lipinski definition) is 5. The molecule has 0 aliphatic rings. The van der Waals surface area contributed by atoms with Gasteiger partial charge in [-0.25, -0.2) is 20.7 Å². The van der Waals surface area contributed by atoms with E-state index in [1.54, 1.807) is 0 Å². The van der Waals surface area contributed by atoms with Gasteiger partial charge in [0.25, 0.3) is 0 Å². The lowest BCUT2D eigenvalue weighted by Gasteiger charge is -2.30. The van der Waals surface area contributed by atoms with Gasteiger partial charge in [0.15, 0.2) is 0 Å². The number of rotatable bonds is 14. The van der Waals surface area contributed by atoms with Crippen LogP contribution in [0.5, 0.6) is 0 Å². The number of anilines is 1. The maximum absolute atomic E-state index is 13.2. The molecule has 0 aliphatic carbocycles. The molecule has 0 heterocycles. The largest absolute Gasteiger partial charge is 0.443 e. The Morgan fingerprint density at radius 2 is 1.45 bits per heavy atom. The highest BCUT2D eigenvalue weighted by Crippen LogP contribution is 2.26. The molecule has 3 aromatic rings. The highest BCUT2D eigenvalue weighted by molar-refractivity contribution is 5.86. The summed E-state index contributed by atoms with van der Waals surface area (Å²) < 4.78 is 5.61. The molecule has 0 fully saturated rings. The quantitative estimate of drug-likeness (QED) is 0.176. The van der Waals surface area contributed by atoms with E-state index in [2.05, 4.69) is 31.4 Å². The molecule has 3 aromatic carbocycles. The number of amides is 2. The van der Waals surface area contributed by atoms with Gasteiger partial charge >= 0.3 is 6.09 Å². The molecule has 0 saturated heterocycles. The monoisotopic (exact) mass is 517 g/mol. The Balaban J connectivity index is 1.72. The van der Waals surface area contributed by atoms with Crippen LogP contribution in [0.15, 0.2) is 91.0 Å². The third kappa shape index (κ3) is 9.32. The van der Waals surface area contributed by atoms with E-state index in [9.17, 15) is 14.8 Å². The smallest absolute Gasteiger partial charge is 0.429 e. The predicted molar refractivity (Wildman–Crippen MR) is 149 cm³/mol. The van der Waals surface area contributed by atoms with Crippen molar-refractivity contribution in [1.29, 1.82) is 0 Å². The molecular formula is C31H39N3O4. The molecule has 2 atom stereocenters. The summed E-state index contributed by atoms with van der Waals surface area (Å²) in [4.78, 5) is 26.0. The van der Waals surface area contributed by atoms with Crippen LogP contribution in [-0.2, 0) is 22.6 Å². The number of aryl methyl sites for hydroxylation is 1. The maximum Gasteiger partial charge on any atom is 0.429 e. The number of hydrazine groups is 1. The van der Waals surface area contributed by atoms with Gasteiger partial charge in [0.05, 0.1) is 5.69 Å². The number of carbonyl (C=O) groups excluding carboxylic acids is 2. The zero-order valence-electron chi connectivity index (χ0n) is 22.3. The second-order valence-corrected chi connectivity index (χ2v) is 9.92. The van der Waals surface area contributed by atoms with E-state index in [-0.39, 0.29) is 12.5 Å². The lowest BCUT2D eigenvalue weighted by atomic mass is 9.81. The minimum Gasteiger partial charge on any atom is -0.443 e. The summed E-state index contributed by atoms with van der Waals surface area (Å²) in [5.41, 5.74) is 7.86. The van der Waals surface area contributed by atoms with E-state index in [4.69, 9.17) is 4.74 Å². The minimum absolute atomic E-state index is 0.119. The van der Waals surface area contributed by atoms with E-state index in [1.165, 1.54) is 10.6 Å². The molecule has 7 heteroatoms.